The average Bonchev–Trinajstić information content (AvgIpc) is 1.35. The van der Waals surface area contributed by atoms with Crippen molar-refractivity contribution >= 4 is 33.3 Å². The van der Waals surface area contributed by atoms with Gasteiger partial charge in [-0.25, -0.2) is 8.42 Å². The van der Waals surface area contributed by atoms with Gasteiger partial charge in [0.1, 0.15) is 0 Å². The lowest BCUT2D eigenvalue weighted by atomic mass is 11.3. The van der Waals surface area contributed by atoms with Gasteiger partial charge in [0, 0.05) is 5.41 Å². The summed E-state index contributed by atoms with van der Waals surface area (Å²) in [4.78, 5) is 0. The highest BCUT2D eigenvalue weighted by atomic mass is 127. The van der Waals surface area contributed by atoms with Crippen LogP contribution in [0, 0.1) is 0 Å². The van der Waals surface area contributed by atoms with E-state index in [1.807, 2.05) is 22.6 Å². The quantitative estimate of drug-likeness (QED) is 0.513. The highest BCUT2D eigenvalue weighted by Gasteiger charge is 1.62. The second kappa shape index (κ2) is 3.60. The fourth-order valence-corrected chi connectivity index (χ4v) is 0.926. The molecule has 36 valence electrons. The second-order valence-electron chi connectivity index (χ2n) is 0.560. The summed E-state index contributed by atoms with van der Waals surface area (Å²) < 4.78 is 20.5. The minimum Gasteiger partial charge on any atom is -0.227 e. The molecule has 0 amide bonds. The fourth-order valence-electron chi connectivity index (χ4n) is 0.0460. The normalized spacial score (nSPS) is 11.0. The predicted octanol–water partition coefficient (Wildman–Crippen LogP) is 0.504. The van der Waals surface area contributed by atoms with Crippen molar-refractivity contribution in [3.8, 4) is 0 Å². The molecule has 0 aromatic carbocycles. The van der Waals surface area contributed by atoms with Gasteiger partial charge in [-0.2, -0.15) is 0 Å². The number of rotatable bonds is 1. The van der Waals surface area contributed by atoms with Crippen LogP contribution in [0.3, 0.4) is 0 Å². The van der Waals surface area contributed by atoms with Gasteiger partial charge < -0.3 is 0 Å². The van der Waals surface area contributed by atoms with Crippen LogP contribution in [0.4, 0.5) is 0 Å². The molecule has 0 aliphatic heterocycles. The fraction of sp³-hybridized carbons (Fsp3) is 0. The van der Waals surface area contributed by atoms with E-state index in [1.165, 1.54) is 4.08 Å². The molecule has 4 heteroatoms. The van der Waals surface area contributed by atoms with Gasteiger partial charge in [0.25, 0.3) is 0 Å². The number of hydrogen-bond acceptors (Lipinski definition) is 2. The van der Waals surface area contributed by atoms with Crippen molar-refractivity contribution in [3.05, 3.63) is 9.49 Å². The monoisotopic (exact) mass is 218 g/mol. The van der Waals surface area contributed by atoms with Crippen molar-refractivity contribution in [1.82, 2.24) is 0 Å². The van der Waals surface area contributed by atoms with E-state index < -0.39 is 10.7 Å². The third-order valence-corrected chi connectivity index (χ3v) is 1.50. The summed E-state index contributed by atoms with van der Waals surface area (Å²) in [5.74, 6) is 0. The summed E-state index contributed by atoms with van der Waals surface area (Å²) in [5.41, 5.74) is 0. The van der Waals surface area contributed by atoms with Crippen molar-refractivity contribution in [3.63, 3.8) is 0 Å². The molecule has 0 fully saturated rings. The van der Waals surface area contributed by atoms with E-state index in [1.54, 1.807) is 0 Å². The molecule has 0 N–H and O–H groups in total. The summed E-state index contributed by atoms with van der Waals surface area (Å²) in [7, 11) is -2.29. The molecular weight excluding hydrogens is 215 g/mol. The Morgan fingerprint density at radius 1 is 1.50 bits per heavy atom. The lowest BCUT2D eigenvalue weighted by Gasteiger charge is -1.56. The molecule has 0 aliphatic carbocycles. The molecule has 0 atom stereocenters. The van der Waals surface area contributed by atoms with E-state index in [0.29, 0.717) is 0 Å². The Hall–Kier alpha value is 0.420. The SMILES string of the molecule is O=[SH](=O)C=CI. The first-order valence-corrected chi connectivity index (χ1v) is 3.67. The largest absolute Gasteiger partial charge is 0.227 e. The van der Waals surface area contributed by atoms with Crippen molar-refractivity contribution in [2.75, 3.05) is 0 Å². The maximum Gasteiger partial charge on any atom is 0.161 e. The van der Waals surface area contributed by atoms with E-state index in [4.69, 9.17) is 0 Å². The lowest BCUT2D eigenvalue weighted by Crippen LogP contribution is -1.56. The first kappa shape index (κ1) is 6.42. The van der Waals surface area contributed by atoms with Crippen LogP contribution in [-0.2, 0) is 10.7 Å². The lowest BCUT2D eigenvalue weighted by molar-refractivity contribution is 0.622. The second-order valence-corrected chi connectivity index (χ2v) is 2.15. The average molecular weight is 218 g/mol. The zero-order valence-electron chi connectivity index (χ0n) is 2.80. The Kier molecular flexibility index (Phi) is 3.86. The van der Waals surface area contributed by atoms with Crippen LogP contribution in [0.5, 0.6) is 0 Å². The highest BCUT2D eigenvalue weighted by molar-refractivity contribution is 14.1. The van der Waals surface area contributed by atoms with Gasteiger partial charge in [-0.3, -0.25) is 0 Å². The summed E-state index contributed by atoms with van der Waals surface area (Å²) in [6, 6.07) is 0. The molecule has 0 rings (SSSR count). The summed E-state index contributed by atoms with van der Waals surface area (Å²) in [5, 5.41) is 1.11. The topological polar surface area (TPSA) is 34.1 Å². The molecule has 2 nitrogen and oxygen atoms in total. The van der Waals surface area contributed by atoms with Gasteiger partial charge in [0.15, 0.2) is 10.7 Å². The maximum absolute atomic E-state index is 9.54. The molecule has 0 aliphatic rings. The number of hydrogen-bond donors (Lipinski definition) is 1. The Balaban J connectivity index is 3.62. The molecule has 0 saturated carbocycles. The highest BCUT2D eigenvalue weighted by Crippen LogP contribution is 1.80. The smallest absolute Gasteiger partial charge is 0.161 e. The summed E-state index contributed by atoms with van der Waals surface area (Å²) >= 11 is 1.84. The number of halogens is 1. The molecule has 0 unspecified atom stereocenters. The van der Waals surface area contributed by atoms with Gasteiger partial charge in [0.2, 0.25) is 0 Å². The van der Waals surface area contributed by atoms with Crippen molar-refractivity contribution < 1.29 is 8.42 Å². The van der Waals surface area contributed by atoms with Gasteiger partial charge in [-0.1, -0.05) is 22.6 Å². The Labute approximate surface area is 51.3 Å². The van der Waals surface area contributed by atoms with Crippen LogP contribution < -0.4 is 0 Å². The molecule has 6 heavy (non-hydrogen) atoms. The van der Waals surface area contributed by atoms with Crippen LogP contribution in [0.1, 0.15) is 0 Å². The predicted molar refractivity (Wildman–Crippen MR) is 33.5 cm³/mol. The number of thiol groups is 1. The van der Waals surface area contributed by atoms with E-state index in [9.17, 15) is 8.42 Å². The van der Waals surface area contributed by atoms with E-state index in [0.717, 1.165) is 5.41 Å². The molecule has 0 aromatic heterocycles. The van der Waals surface area contributed by atoms with E-state index in [-0.39, 0.29) is 0 Å². The van der Waals surface area contributed by atoms with E-state index in [2.05, 4.69) is 0 Å². The van der Waals surface area contributed by atoms with Gasteiger partial charge in [0.05, 0.1) is 0 Å². The van der Waals surface area contributed by atoms with Crippen molar-refractivity contribution in [2.45, 2.75) is 0 Å². The third kappa shape index (κ3) is 4.42. The van der Waals surface area contributed by atoms with Crippen LogP contribution in [0.2, 0.25) is 0 Å². The molecule has 0 heterocycles. The zero-order valence-corrected chi connectivity index (χ0v) is 5.85. The standard InChI is InChI=1S/C2H3IO2S/c3-1-2-6(4)5/h1-2,6H. The molecular formula is C2H3IO2S. The van der Waals surface area contributed by atoms with Crippen molar-refractivity contribution in [1.29, 1.82) is 0 Å². The van der Waals surface area contributed by atoms with Gasteiger partial charge in [-0.05, 0) is 4.08 Å². The molecule has 0 aromatic rings. The first-order valence-electron chi connectivity index (χ1n) is 1.17. The summed E-state index contributed by atoms with van der Waals surface area (Å²) in [6.07, 6.45) is 0. The Morgan fingerprint density at radius 3 is 2.00 bits per heavy atom. The minimum atomic E-state index is -2.29. The molecule has 0 saturated heterocycles. The van der Waals surface area contributed by atoms with Crippen LogP contribution >= 0.6 is 22.6 Å². The van der Waals surface area contributed by atoms with E-state index >= 15 is 0 Å². The maximum atomic E-state index is 9.54. The minimum absolute atomic E-state index is 1.11. The molecule has 0 bridgehead atoms. The zero-order chi connectivity index (χ0) is 4.99. The van der Waals surface area contributed by atoms with Crippen LogP contribution in [-0.4, -0.2) is 8.42 Å². The Morgan fingerprint density at radius 2 is 2.00 bits per heavy atom. The van der Waals surface area contributed by atoms with Crippen LogP contribution in [0.25, 0.3) is 0 Å². The van der Waals surface area contributed by atoms with Crippen LogP contribution in [0.15, 0.2) is 9.49 Å². The van der Waals surface area contributed by atoms with Gasteiger partial charge in [-0.15, -0.1) is 0 Å². The Bertz CT molecular complexity index is 107. The molecule has 0 spiro atoms. The van der Waals surface area contributed by atoms with Gasteiger partial charge >= 0.3 is 0 Å². The third-order valence-electron chi connectivity index (χ3n) is 0.178. The van der Waals surface area contributed by atoms with Crippen molar-refractivity contribution in [2.24, 2.45) is 0 Å². The summed E-state index contributed by atoms with van der Waals surface area (Å²) in [6.45, 7) is 0. The molecule has 0 radical (unpaired) electrons. The first-order chi connectivity index (χ1) is 2.77.